The van der Waals surface area contributed by atoms with Crippen LogP contribution in [-0.4, -0.2) is 9.97 Å². The summed E-state index contributed by atoms with van der Waals surface area (Å²) in [5.74, 6) is 0.643. The van der Waals surface area contributed by atoms with Gasteiger partial charge in [-0.1, -0.05) is 30.1 Å². The molecule has 88 valence electrons. The Balaban J connectivity index is 2.52. The minimum atomic E-state index is 0.502. The lowest BCUT2D eigenvalue weighted by Gasteiger charge is -2.06. The van der Waals surface area contributed by atoms with E-state index >= 15 is 0 Å². The Morgan fingerprint density at radius 1 is 1.12 bits per heavy atom. The van der Waals surface area contributed by atoms with Crippen molar-refractivity contribution >= 4 is 45.8 Å². The molecule has 1 heterocycles. The van der Waals surface area contributed by atoms with Crippen LogP contribution < -0.4 is 0 Å². The molecular formula is C12H9Cl2IN2. The number of aryl methyl sites for hydroxylation is 1. The Morgan fingerprint density at radius 2 is 1.76 bits per heavy atom. The van der Waals surface area contributed by atoms with Gasteiger partial charge in [0.05, 0.1) is 9.26 Å². The summed E-state index contributed by atoms with van der Waals surface area (Å²) in [6, 6.07) is 7.41. The van der Waals surface area contributed by atoms with Crippen LogP contribution in [0.3, 0.4) is 0 Å². The van der Waals surface area contributed by atoms with E-state index in [0.717, 1.165) is 21.2 Å². The van der Waals surface area contributed by atoms with E-state index in [4.69, 9.17) is 23.2 Å². The van der Waals surface area contributed by atoms with Gasteiger partial charge < -0.3 is 0 Å². The van der Waals surface area contributed by atoms with Gasteiger partial charge in [-0.15, -0.1) is 0 Å². The molecule has 0 atom stereocenters. The number of rotatable bonds is 2. The first-order chi connectivity index (χ1) is 8.11. The molecule has 2 aromatic rings. The molecule has 0 unspecified atom stereocenters. The first-order valence-electron chi connectivity index (χ1n) is 5.09. The van der Waals surface area contributed by atoms with E-state index < -0.39 is 0 Å². The molecule has 0 aliphatic rings. The van der Waals surface area contributed by atoms with E-state index in [1.807, 2.05) is 31.2 Å². The van der Waals surface area contributed by atoms with Gasteiger partial charge in [-0.2, -0.15) is 0 Å². The van der Waals surface area contributed by atoms with Gasteiger partial charge in [0.1, 0.15) is 5.15 Å². The quantitative estimate of drug-likeness (QED) is 0.563. The zero-order valence-electron chi connectivity index (χ0n) is 9.04. The van der Waals surface area contributed by atoms with Crippen LogP contribution in [-0.2, 0) is 6.42 Å². The summed E-state index contributed by atoms with van der Waals surface area (Å²) in [5.41, 5.74) is 1.89. The molecule has 0 amide bonds. The third-order valence-corrected chi connectivity index (χ3v) is 4.29. The molecular weight excluding hydrogens is 370 g/mol. The highest BCUT2D eigenvalue weighted by Crippen LogP contribution is 2.25. The normalized spacial score (nSPS) is 10.6. The van der Waals surface area contributed by atoms with E-state index in [1.165, 1.54) is 0 Å². The van der Waals surface area contributed by atoms with Crippen molar-refractivity contribution in [2.45, 2.75) is 13.3 Å². The molecule has 0 saturated heterocycles. The second-order valence-electron chi connectivity index (χ2n) is 3.46. The van der Waals surface area contributed by atoms with Gasteiger partial charge in [-0.05, 0) is 53.3 Å². The van der Waals surface area contributed by atoms with Crippen molar-refractivity contribution in [3.63, 3.8) is 0 Å². The molecule has 0 aliphatic carbocycles. The second kappa shape index (κ2) is 5.50. The molecule has 0 fully saturated rings. The molecule has 1 aromatic carbocycles. The molecule has 17 heavy (non-hydrogen) atoms. The van der Waals surface area contributed by atoms with Gasteiger partial charge in [0.25, 0.3) is 0 Å². The zero-order valence-corrected chi connectivity index (χ0v) is 12.7. The van der Waals surface area contributed by atoms with Crippen LogP contribution in [0.25, 0.3) is 11.4 Å². The summed E-state index contributed by atoms with van der Waals surface area (Å²) in [4.78, 5) is 8.79. The van der Waals surface area contributed by atoms with Gasteiger partial charge >= 0.3 is 0 Å². The molecule has 0 aliphatic heterocycles. The molecule has 2 nitrogen and oxygen atoms in total. The number of nitrogens with zero attached hydrogens (tertiary/aromatic N) is 2. The highest BCUT2D eigenvalue weighted by molar-refractivity contribution is 14.1. The molecule has 0 radical (unpaired) electrons. The predicted octanol–water partition coefficient (Wildman–Crippen LogP) is 4.62. The second-order valence-corrected chi connectivity index (χ2v) is 5.33. The number of hydrogen-bond donors (Lipinski definition) is 0. The molecule has 0 N–H and O–H groups in total. The fourth-order valence-corrected chi connectivity index (χ4v) is 2.36. The SMILES string of the molecule is CCc1nc(-c2ccc(Cl)cc2)nc(Cl)c1I. The highest BCUT2D eigenvalue weighted by Gasteiger charge is 2.10. The Hall–Kier alpha value is -0.390. The monoisotopic (exact) mass is 378 g/mol. The van der Waals surface area contributed by atoms with Gasteiger partial charge in [-0.25, -0.2) is 9.97 Å². The Bertz CT molecular complexity index is 541. The summed E-state index contributed by atoms with van der Waals surface area (Å²) in [6.07, 6.45) is 0.834. The molecule has 0 saturated carbocycles. The lowest BCUT2D eigenvalue weighted by atomic mass is 10.2. The lowest BCUT2D eigenvalue weighted by Crippen LogP contribution is -1.99. The van der Waals surface area contributed by atoms with Crippen molar-refractivity contribution in [2.24, 2.45) is 0 Å². The topological polar surface area (TPSA) is 25.8 Å². The van der Waals surface area contributed by atoms with Gasteiger partial charge in [0, 0.05) is 10.6 Å². The molecule has 5 heteroatoms. The van der Waals surface area contributed by atoms with Crippen molar-refractivity contribution in [3.8, 4) is 11.4 Å². The van der Waals surface area contributed by atoms with E-state index in [1.54, 1.807) is 0 Å². The van der Waals surface area contributed by atoms with Crippen molar-refractivity contribution in [1.29, 1.82) is 0 Å². The van der Waals surface area contributed by atoms with Crippen molar-refractivity contribution in [3.05, 3.63) is 43.7 Å². The number of aromatic nitrogens is 2. The highest BCUT2D eigenvalue weighted by atomic mass is 127. The number of benzene rings is 1. The Morgan fingerprint density at radius 3 is 2.35 bits per heavy atom. The van der Waals surface area contributed by atoms with Crippen LogP contribution in [0.1, 0.15) is 12.6 Å². The standard InChI is InChI=1S/C12H9Cl2IN2/c1-2-9-10(15)11(14)17-12(16-9)7-3-5-8(13)6-4-7/h3-6H,2H2,1H3. The van der Waals surface area contributed by atoms with Crippen molar-refractivity contribution in [2.75, 3.05) is 0 Å². The average molecular weight is 379 g/mol. The van der Waals surface area contributed by atoms with Gasteiger partial charge in [0.2, 0.25) is 0 Å². The fourth-order valence-electron chi connectivity index (χ4n) is 1.43. The molecule has 1 aromatic heterocycles. The predicted molar refractivity (Wildman–Crippen MR) is 79.6 cm³/mol. The van der Waals surface area contributed by atoms with Crippen LogP contribution in [0.2, 0.25) is 10.2 Å². The van der Waals surface area contributed by atoms with Crippen LogP contribution in [0, 0.1) is 3.57 Å². The number of halogens is 3. The molecule has 0 bridgehead atoms. The average Bonchev–Trinajstić information content (AvgIpc) is 2.33. The van der Waals surface area contributed by atoms with Crippen molar-refractivity contribution < 1.29 is 0 Å². The Labute approximate surface area is 124 Å². The first-order valence-corrected chi connectivity index (χ1v) is 6.93. The van der Waals surface area contributed by atoms with Crippen LogP contribution >= 0.6 is 45.8 Å². The minimum Gasteiger partial charge on any atom is -0.232 e. The lowest BCUT2D eigenvalue weighted by molar-refractivity contribution is 0.989. The van der Waals surface area contributed by atoms with E-state index in [-0.39, 0.29) is 0 Å². The van der Waals surface area contributed by atoms with Crippen LogP contribution in [0.4, 0.5) is 0 Å². The summed E-state index contributed by atoms with van der Waals surface area (Å²) < 4.78 is 0.921. The fraction of sp³-hybridized carbons (Fsp3) is 0.167. The smallest absolute Gasteiger partial charge is 0.161 e. The van der Waals surface area contributed by atoms with Gasteiger partial charge in [-0.3, -0.25) is 0 Å². The third kappa shape index (κ3) is 2.89. The maximum Gasteiger partial charge on any atom is 0.161 e. The van der Waals surface area contributed by atoms with E-state index in [2.05, 4.69) is 32.6 Å². The maximum atomic E-state index is 6.09. The first kappa shape index (κ1) is 13.1. The summed E-state index contributed by atoms with van der Waals surface area (Å²) in [6.45, 7) is 2.05. The van der Waals surface area contributed by atoms with E-state index in [0.29, 0.717) is 16.0 Å². The molecule has 2 rings (SSSR count). The summed E-state index contributed by atoms with van der Waals surface area (Å²) in [7, 11) is 0. The van der Waals surface area contributed by atoms with E-state index in [9.17, 15) is 0 Å². The zero-order chi connectivity index (χ0) is 12.4. The van der Waals surface area contributed by atoms with Crippen LogP contribution in [0.15, 0.2) is 24.3 Å². The summed E-state index contributed by atoms with van der Waals surface area (Å²) >= 11 is 14.1. The van der Waals surface area contributed by atoms with Gasteiger partial charge in [0.15, 0.2) is 5.82 Å². The largest absolute Gasteiger partial charge is 0.232 e. The summed E-state index contributed by atoms with van der Waals surface area (Å²) in [5, 5.41) is 1.20. The molecule has 0 spiro atoms. The minimum absolute atomic E-state index is 0.502. The van der Waals surface area contributed by atoms with Crippen molar-refractivity contribution in [1.82, 2.24) is 9.97 Å². The Kier molecular flexibility index (Phi) is 4.22. The number of hydrogen-bond acceptors (Lipinski definition) is 2. The van der Waals surface area contributed by atoms with Crippen LogP contribution in [0.5, 0.6) is 0 Å². The third-order valence-electron chi connectivity index (χ3n) is 2.32. The maximum absolute atomic E-state index is 6.09.